The van der Waals surface area contributed by atoms with E-state index in [4.69, 9.17) is 16.6 Å². The van der Waals surface area contributed by atoms with E-state index in [0.29, 0.717) is 11.6 Å². The fourth-order valence-corrected chi connectivity index (χ4v) is 4.88. The maximum Gasteiger partial charge on any atom is 0.115 e. The average Bonchev–Trinajstić information content (AvgIpc) is 3.22. The number of imidazole rings is 1. The summed E-state index contributed by atoms with van der Waals surface area (Å²) >= 11 is 7.77. The van der Waals surface area contributed by atoms with Crippen molar-refractivity contribution in [2.24, 2.45) is 4.99 Å². The molecule has 0 atom stereocenters. The third kappa shape index (κ3) is 3.22. The Morgan fingerprint density at radius 3 is 2.57 bits per heavy atom. The lowest BCUT2D eigenvalue weighted by Gasteiger charge is -2.09. The number of thiophene rings is 1. The molecule has 0 unspecified atom stereocenters. The van der Waals surface area contributed by atoms with Crippen LogP contribution in [0, 0.1) is 25.7 Å². The molecule has 7 heteroatoms. The molecule has 146 valence electrons. The number of benzene rings is 1. The summed E-state index contributed by atoms with van der Waals surface area (Å²) in [4.78, 5) is 18.5. The normalized spacial score (nSPS) is 12.3. The van der Waals surface area contributed by atoms with Crippen molar-refractivity contribution >= 4 is 28.6 Å². The lowest BCUT2D eigenvalue weighted by molar-refractivity contribution is 0.901. The summed E-state index contributed by atoms with van der Waals surface area (Å²) in [5.41, 5.74) is 6.04. The third-order valence-corrected chi connectivity index (χ3v) is 6.42. The van der Waals surface area contributed by atoms with Gasteiger partial charge in [-0.2, -0.15) is 0 Å². The van der Waals surface area contributed by atoms with Gasteiger partial charge < -0.3 is 0 Å². The number of aliphatic imine (C=N–C) groups is 1. The average molecular weight is 430 g/mol. The van der Waals surface area contributed by atoms with E-state index in [1.165, 1.54) is 6.33 Å². The van der Waals surface area contributed by atoms with Gasteiger partial charge in [0.15, 0.2) is 0 Å². The maximum absolute atomic E-state index is 6.12. The number of aryl methyl sites for hydroxylation is 1. The summed E-state index contributed by atoms with van der Waals surface area (Å²) < 4.78 is 2.19. The second-order valence-electron chi connectivity index (χ2n) is 6.92. The SMILES string of the molecule is Cc1c(C#Cc2cncnc2)sc2c1C(c1ccc(Cl)cc1)=NCc1cnc(C)n1-2. The van der Waals surface area contributed by atoms with Crippen molar-refractivity contribution in [2.75, 3.05) is 0 Å². The van der Waals surface area contributed by atoms with E-state index < -0.39 is 0 Å². The van der Waals surface area contributed by atoms with Crippen molar-refractivity contribution in [3.63, 3.8) is 0 Å². The molecule has 4 heterocycles. The van der Waals surface area contributed by atoms with Gasteiger partial charge in [0.05, 0.1) is 34.6 Å². The van der Waals surface area contributed by atoms with Gasteiger partial charge in [-0.05, 0) is 31.5 Å². The molecule has 0 aliphatic carbocycles. The number of aromatic nitrogens is 4. The maximum atomic E-state index is 6.12. The first-order valence-electron chi connectivity index (χ1n) is 9.36. The smallest absolute Gasteiger partial charge is 0.115 e. The molecule has 0 saturated heterocycles. The Morgan fingerprint density at radius 1 is 1.03 bits per heavy atom. The van der Waals surface area contributed by atoms with Crippen molar-refractivity contribution in [3.05, 3.63) is 92.9 Å². The van der Waals surface area contributed by atoms with Crippen molar-refractivity contribution in [1.82, 2.24) is 19.5 Å². The molecule has 5 rings (SSSR count). The van der Waals surface area contributed by atoms with E-state index in [1.807, 2.05) is 37.4 Å². The summed E-state index contributed by atoms with van der Waals surface area (Å²) in [7, 11) is 0. The minimum absolute atomic E-state index is 0.571. The molecule has 0 N–H and O–H groups in total. The van der Waals surface area contributed by atoms with Crippen LogP contribution in [-0.4, -0.2) is 25.2 Å². The number of hydrogen-bond acceptors (Lipinski definition) is 5. The number of fused-ring (bicyclic) bond motifs is 3. The van der Waals surface area contributed by atoms with Crippen molar-refractivity contribution in [3.8, 4) is 16.8 Å². The van der Waals surface area contributed by atoms with Crippen LogP contribution in [0.25, 0.3) is 5.00 Å². The topological polar surface area (TPSA) is 56.0 Å². The van der Waals surface area contributed by atoms with Gasteiger partial charge in [-0.15, -0.1) is 11.3 Å². The van der Waals surface area contributed by atoms with Crippen LogP contribution in [-0.2, 0) is 6.54 Å². The molecule has 0 spiro atoms. The van der Waals surface area contributed by atoms with Crippen LogP contribution >= 0.6 is 22.9 Å². The zero-order valence-electron chi connectivity index (χ0n) is 16.3. The van der Waals surface area contributed by atoms with Crippen LogP contribution in [0.4, 0.5) is 0 Å². The highest BCUT2D eigenvalue weighted by Crippen LogP contribution is 2.36. The standard InChI is InChI=1S/C23H16ClN5S/c1-14-20(8-3-16-9-25-13-26-10-16)30-23-21(14)22(17-4-6-18(24)7-5-17)28-12-19-11-27-15(2)29(19)23/h4-7,9-11,13H,12H2,1-2H3. The fraction of sp³-hybridized carbons (Fsp3) is 0.130. The predicted molar refractivity (Wildman–Crippen MR) is 120 cm³/mol. The molecular formula is C23H16ClN5S. The Kier molecular flexibility index (Phi) is 4.70. The summed E-state index contributed by atoms with van der Waals surface area (Å²) in [5, 5.41) is 1.80. The number of halogens is 1. The van der Waals surface area contributed by atoms with Crippen molar-refractivity contribution in [2.45, 2.75) is 20.4 Å². The fourth-order valence-electron chi connectivity index (χ4n) is 3.51. The molecule has 30 heavy (non-hydrogen) atoms. The van der Waals surface area contributed by atoms with Gasteiger partial charge in [-0.25, -0.2) is 15.0 Å². The van der Waals surface area contributed by atoms with E-state index in [0.717, 1.165) is 49.4 Å². The highest BCUT2D eigenvalue weighted by molar-refractivity contribution is 7.15. The summed E-state index contributed by atoms with van der Waals surface area (Å²) in [6.07, 6.45) is 6.83. The Morgan fingerprint density at radius 2 is 1.80 bits per heavy atom. The van der Waals surface area contributed by atoms with E-state index in [9.17, 15) is 0 Å². The highest BCUT2D eigenvalue weighted by atomic mass is 35.5. The molecule has 0 bridgehead atoms. The van der Waals surface area contributed by atoms with Crippen LogP contribution in [0.2, 0.25) is 5.02 Å². The highest BCUT2D eigenvalue weighted by Gasteiger charge is 2.26. The van der Waals surface area contributed by atoms with Crippen molar-refractivity contribution in [1.29, 1.82) is 0 Å². The first-order valence-corrected chi connectivity index (χ1v) is 10.6. The minimum Gasteiger partial charge on any atom is -0.290 e. The molecule has 0 fully saturated rings. The molecule has 0 radical (unpaired) electrons. The zero-order valence-corrected chi connectivity index (χ0v) is 17.9. The van der Waals surface area contributed by atoms with Crippen LogP contribution in [0.15, 0.2) is 54.2 Å². The van der Waals surface area contributed by atoms with Crippen LogP contribution in [0.1, 0.15) is 38.6 Å². The molecular weight excluding hydrogens is 414 g/mol. The number of hydrogen-bond donors (Lipinski definition) is 0. The van der Waals surface area contributed by atoms with Crippen LogP contribution < -0.4 is 0 Å². The zero-order chi connectivity index (χ0) is 20.7. The quantitative estimate of drug-likeness (QED) is 0.410. The molecule has 1 aliphatic heterocycles. The molecule has 1 aliphatic rings. The largest absolute Gasteiger partial charge is 0.290 e. The first-order chi connectivity index (χ1) is 14.6. The van der Waals surface area contributed by atoms with E-state index >= 15 is 0 Å². The van der Waals surface area contributed by atoms with Gasteiger partial charge in [-0.1, -0.05) is 35.6 Å². The Bertz CT molecular complexity index is 1340. The summed E-state index contributed by atoms with van der Waals surface area (Å²) in [6, 6.07) is 7.82. The lowest BCUT2D eigenvalue weighted by Crippen LogP contribution is -2.07. The minimum atomic E-state index is 0.571. The molecule has 3 aromatic heterocycles. The Hall–Kier alpha value is -3.27. The lowest BCUT2D eigenvalue weighted by atomic mass is 10.00. The summed E-state index contributed by atoms with van der Waals surface area (Å²) in [6.45, 7) is 4.69. The molecule has 0 saturated carbocycles. The van der Waals surface area contributed by atoms with Gasteiger partial charge in [0.1, 0.15) is 17.2 Å². The van der Waals surface area contributed by atoms with Crippen molar-refractivity contribution < 1.29 is 0 Å². The van der Waals surface area contributed by atoms with Gasteiger partial charge in [0.2, 0.25) is 0 Å². The van der Waals surface area contributed by atoms with Crippen LogP contribution in [0.5, 0.6) is 0 Å². The Balaban J connectivity index is 1.71. The van der Waals surface area contributed by atoms with Gasteiger partial charge in [0.25, 0.3) is 0 Å². The second-order valence-corrected chi connectivity index (χ2v) is 8.35. The molecule has 0 amide bonds. The van der Waals surface area contributed by atoms with Gasteiger partial charge in [0, 0.05) is 28.5 Å². The third-order valence-electron chi connectivity index (χ3n) is 4.98. The van der Waals surface area contributed by atoms with Gasteiger partial charge >= 0.3 is 0 Å². The first kappa shape index (κ1) is 18.7. The van der Waals surface area contributed by atoms with Crippen LogP contribution in [0.3, 0.4) is 0 Å². The van der Waals surface area contributed by atoms with Gasteiger partial charge in [-0.3, -0.25) is 9.56 Å². The molecule has 1 aromatic carbocycles. The Labute approximate surface area is 183 Å². The predicted octanol–water partition coefficient (Wildman–Crippen LogP) is 4.74. The monoisotopic (exact) mass is 429 g/mol. The molecule has 5 nitrogen and oxygen atoms in total. The summed E-state index contributed by atoms with van der Waals surface area (Å²) in [5.74, 6) is 7.42. The van der Waals surface area contributed by atoms with E-state index in [2.05, 4.69) is 38.3 Å². The second kappa shape index (κ2) is 7.52. The number of rotatable bonds is 1. The molecule has 4 aromatic rings. The van der Waals surface area contributed by atoms with E-state index in [-0.39, 0.29) is 0 Å². The van der Waals surface area contributed by atoms with E-state index in [1.54, 1.807) is 23.7 Å². The number of nitrogens with zero attached hydrogens (tertiary/aromatic N) is 5.